The molecule has 16 heavy (non-hydrogen) atoms. The van der Waals surface area contributed by atoms with Crippen molar-refractivity contribution in [3.8, 4) is 0 Å². The van der Waals surface area contributed by atoms with Crippen LogP contribution in [0.5, 0.6) is 0 Å². The van der Waals surface area contributed by atoms with Crippen LogP contribution in [0, 0.1) is 6.92 Å². The summed E-state index contributed by atoms with van der Waals surface area (Å²) >= 11 is 0. The van der Waals surface area contributed by atoms with Crippen molar-refractivity contribution in [2.45, 2.75) is 39.7 Å². The summed E-state index contributed by atoms with van der Waals surface area (Å²) in [4.78, 5) is 8.39. The van der Waals surface area contributed by atoms with E-state index in [0.29, 0.717) is 11.8 Å². The van der Waals surface area contributed by atoms with Crippen LogP contribution < -0.4 is 5.32 Å². The monoisotopic (exact) mass is 219 g/mol. The number of aromatic nitrogens is 4. The first-order valence-corrected chi connectivity index (χ1v) is 5.64. The molecule has 5 nitrogen and oxygen atoms in total. The first kappa shape index (κ1) is 10.9. The molecule has 0 aliphatic carbocycles. The average Bonchev–Trinajstić information content (AvgIpc) is 2.65. The lowest BCUT2D eigenvalue weighted by molar-refractivity contribution is 0.682. The van der Waals surface area contributed by atoms with Gasteiger partial charge in [0, 0.05) is 17.8 Å². The van der Waals surface area contributed by atoms with Gasteiger partial charge in [-0.25, -0.2) is 4.98 Å². The van der Waals surface area contributed by atoms with Crippen molar-refractivity contribution in [2.24, 2.45) is 0 Å². The van der Waals surface area contributed by atoms with Crippen LogP contribution in [-0.2, 0) is 0 Å². The summed E-state index contributed by atoms with van der Waals surface area (Å²) < 4.78 is 1.74. The van der Waals surface area contributed by atoms with Gasteiger partial charge in [0.05, 0.1) is 0 Å². The normalized spacial score (nSPS) is 12.9. The summed E-state index contributed by atoms with van der Waals surface area (Å²) in [6, 6.07) is 2.42. The van der Waals surface area contributed by atoms with Gasteiger partial charge in [-0.1, -0.05) is 13.3 Å². The number of nitrogens with zero attached hydrogens (tertiary/aromatic N) is 4. The van der Waals surface area contributed by atoms with E-state index in [1.807, 2.05) is 13.0 Å². The maximum atomic E-state index is 4.30. The van der Waals surface area contributed by atoms with E-state index in [0.717, 1.165) is 17.9 Å². The number of anilines is 1. The van der Waals surface area contributed by atoms with Crippen LogP contribution in [0.2, 0.25) is 0 Å². The Balaban J connectivity index is 2.31. The molecule has 2 aromatic rings. The number of hydrogen-bond acceptors (Lipinski definition) is 4. The predicted molar refractivity (Wildman–Crippen MR) is 63.5 cm³/mol. The maximum Gasteiger partial charge on any atom is 0.254 e. The van der Waals surface area contributed by atoms with Crippen LogP contribution in [0.25, 0.3) is 5.78 Å². The molecule has 1 atom stereocenters. The molecular weight excluding hydrogens is 202 g/mol. The van der Waals surface area contributed by atoms with Crippen LogP contribution in [-0.4, -0.2) is 25.6 Å². The number of rotatable bonds is 4. The topological polar surface area (TPSA) is 55.1 Å². The largest absolute Gasteiger partial charge is 0.367 e. The van der Waals surface area contributed by atoms with Gasteiger partial charge in [-0.15, -0.1) is 0 Å². The average molecular weight is 219 g/mol. The van der Waals surface area contributed by atoms with Gasteiger partial charge < -0.3 is 5.32 Å². The maximum absolute atomic E-state index is 4.30. The second kappa shape index (κ2) is 4.47. The fourth-order valence-corrected chi connectivity index (χ4v) is 1.79. The van der Waals surface area contributed by atoms with E-state index in [2.05, 4.69) is 34.2 Å². The van der Waals surface area contributed by atoms with Gasteiger partial charge in [-0.05, 0) is 20.3 Å². The molecule has 2 aromatic heterocycles. The van der Waals surface area contributed by atoms with E-state index in [4.69, 9.17) is 0 Å². The van der Waals surface area contributed by atoms with E-state index in [-0.39, 0.29) is 0 Å². The van der Waals surface area contributed by atoms with Gasteiger partial charge in [0.15, 0.2) is 0 Å². The Morgan fingerprint density at radius 2 is 2.31 bits per heavy atom. The van der Waals surface area contributed by atoms with E-state index in [1.54, 1.807) is 4.52 Å². The van der Waals surface area contributed by atoms with Crippen molar-refractivity contribution in [3.05, 3.63) is 18.1 Å². The molecule has 0 spiro atoms. The van der Waals surface area contributed by atoms with Gasteiger partial charge in [-0.3, -0.25) is 0 Å². The minimum atomic E-state index is 0.430. The molecule has 0 fully saturated rings. The van der Waals surface area contributed by atoms with Crippen LogP contribution in [0.1, 0.15) is 32.4 Å². The lowest BCUT2D eigenvalue weighted by Crippen LogP contribution is -2.17. The Morgan fingerprint density at radius 1 is 1.50 bits per heavy atom. The second-order valence-electron chi connectivity index (χ2n) is 4.09. The molecule has 0 amide bonds. The summed E-state index contributed by atoms with van der Waals surface area (Å²) in [6.07, 6.45) is 3.83. The molecule has 1 unspecified atom stereocenters. The summed E-state index contributed by atoms with van der Waals surface area (Å²) in [5.41, 5.74) is 0.951. The third-order valence-electron chi connectivity index (χ3n) is 2.50. The molecule has 0 bridgehead atoms. The fourth-order valence-electron chi connectivity index (χ4n) is 1.79. The van der Waals surface area contributed by atoms with Crippen molar-refractivity contribution in [3.63, 3.8) is 0 Å². The molecular formula is C11H17N5. The van der Waals surface area contributed by atoms with Crippen molar-refractivity contribution in [1.82, 2.24) is 19.6 Å². The Kier molecular flexibility index (Phi) is 3.03. The molecule has 0 aliphatic rings. The summed E-state index contributed by atoms with van der Waals surface area (Å²) in [6.45, 7) is 6.31. The highest BCUT2D eigenvalue weighted by atomic mass is 15.4. The summed E-state index contributed by atoms with van der Waals surface area (Å²) in [5.74, 6) is 1.60. The van der Waals surface area contributed by atoms with Crippen molar-refractivity contribution in [2.75, 3.05) is 5.32 Å². The van der Waals surface area contributed by atoms with Crippen LogP contribution >= 0.6 is 0 Å². The second-order valence-corrected chi connectivity index (χ2v) is 4.09. The van der Waals surface area contributed by atoms with Crippen LogP contribution in [0.4, 0.5) is 5.82 Å². The van der Waals surface area contributed by atoms with E-state index in [9.17, 15) is 0 Å². The standard InChI is InChI=1S/C11H17N5/c1-4-5-8(2)14-10-6-9(3)15-11-12-7-13-16(10)11/h6-8,14H,4-5H2,1-3H3. The molecule has 0 aliphatic heterocycles. The molecule has 0 saturated carbocycles. The van der Waals surface area contributed by atoms with E-state index < -0.39 is 0 Å². The zero-order valence-corrected chi connectivity index (χ0v) is 9.94. The Labute approximate surface area is 94.9 Å². The number of nitrogens with one attached hydrogen (secondary N) is 1. The molecule has 86 valence electrons. The highest BCUT2D eigenvalue weighted by Crippen LogP contribution is 2.12. The van der Waals surface area contributed by atoms with Crippen LogP contribution in [0.3, 0.4) is 0 Å². The summed E-state index contributed by atoms with van der Waals surface area (Å²) in [5, 5.41) is 7.59. The first-order chi connectivity index (χ1) is 7.70. The first-order valence-electron chi connectivity index (χ1n) is 5.64. The predicted octanol–water partition coefficient (Wildman–Crippen LogP) is 2.03. The smallest absolute Gasteiger partial charge is 0.254 e. The number of aryl methyl sites for hydroxylation is 1. The molecule has 1 N–H and O–H groups in total. The summed E-state index contributed by atoms with van der Waals surface area (Å²) in [7, 11) is 0. The molecule has 0 radical (unpaired) electrons. The zero-order valence-electron chi connectivity index (χ0n) is 9.94. The fraction of sp³-hybridized carbons (Fsp3) is 0.545. The third kappa shape index (κ3) is 2.13. The van der Waals surface area contributed by atoms with Gasteiger partial charge in [0.1, 0.15) is 12.1 Å². The Hall–Kier alpha value is -1.65. The zero-order chi connectivity index (χ0) is 11.5. The van der Waals surface area contributed by atoms with Crippen molar-refractivity contribution >= 4 is 11.6 Å². The third-order valence-corrected chi connectivity index (χ3v) is 2.50. The minimum Gasteiger partial charge on any atom is -0.367 e. The molecule has 2 heterocycles. The number of fused-ring (bicyclic) bond motifs is 1. The van der Waals surface area contributed by atoms with E-state index >= 15 is 0 Å². The van der Waals surface area contributed by atoms with Gasteiger partial charge >= 0.3 is 0 Å². The molecule has 0 aromatic carbocycles. The van der Waals surface area contributed by atoms with Gasteiger partial charge in [0.25, 0.3) is 5.78 Å². The van der Waals surface area contributed by atoms with Crippen molar-refractivity contribution < 1.29 is 0 Å². The van der Waals surface area contributed by atoms with E-state index in [1.165, 1.54) is 12.7 Å². The molecule has 2 rings (SSSR count). The lowest BCUT2D eigenvalue weighted by atomic mass is 10.2. The van der Waals surface area contributed by atoms with Gasteiger partial charge in [0.2, 0.25) is 0 Å². The highest BCUT2D eigenvalue weighted by Gasteiger charge is 2.07. The molecule has 0 saturated heterocycles. The SMILES string of the molecule is CCCC(C)Nc1cc(C)nc2ncnn12. The lowest BCUT2D eigenvalue weighted by Gasteiger charge is -2.14. The number of hydrogen-bond donors (Lipinski definition) is 1. The van der Waals surface area contributed by atoms with Gasteiger partial charge in [-0.2, -0.15) is 14.6 Å². The van der Waals surface area contributed by atoms with Crippen LogP contribution in [0.15, 0.2) is 12.4 Å². The van der Waals surface area contributed by atoms with Crippen molar-refractivity contribution in [1.29, 1.82) is 0 Å². The molecule has 5 heteroatoms. The Bertz CT molecular complexity index is 476. The highest BCUT2D eigenvalue weighted by molar-refractivity contribution is 5.45. The quantitative estimate of drug-likeness (QED) is 0.854. The minimum absolute atomic E-state index is 0.430. The Morgan fingerprint density at radius 3 is 3.06 bits per heavy atom.